The fourth-order valence-corrected chi connectivity index (χ4v) is 3.24. The number of hydrogen-bond donors (Lipinski definition) is 1. The van der Waals surface area contributed by atoms with E-state index in [9.17, 15) is 9.59 Å². The molecule has 1 fully saturated rings. The lowest BCUT2D eigenvalue weighted by atomic mass is 10.0. The SMILES string of the molecule is NN1C(=O)N(CC2=CC=C(Cl)CC2)CCN(Cc2ccc(Cl)cc2)C1=O. The fourth-order valence-electron chi connectivity index (χ4n) is 2.95. The second-order valence-corrected chi connectivity index (χ2v) is 7.27. The van der Waals surface area contributed by atoms with Gasteiger partial charge in [0.05, 0.1) is 0 Å². The lowest BCUT2D eigenvalue weighted by molar-refractivity contribution is 0.155. The van der Waals surface area contributed by atoms with E-state index in [-0.39, 0.29) is 0 Å². The number of urea groups is 2. The molecule has 1 heterocycles. The number of halogens is 2. The van der Waals surface area contributed by atoms with Crippen molar-refractivity contribution in [2.45, 2.75) is 19.4 Å². The van der Waals surface area contributed by atoms with Crippen molar-refractivity contribution in [2.24, 2.45) is 5.84 Å². The molecule has 6 nitrogen and oxygen atoms in total. The molecule has 0 saturated carbocycles. The molecule has 1 aliphatic carbocycles. The molecule has 0 spiro atoms. The van der Waals surface area contributed by atoms with Crippen LogP contribution >= 0.6 is 23.2 Å². The molecule has 2 N–H and O–H groups in total. The molecule has 1 aromatic rings. The predicted molar refractivity (Wildman–Crippen MR) is 102 cm³/mol. The summed E-state index contributed by atoms with van der Waals surface area (Å²) in [6.45, 7) is 1.63. The zero-order chi connectivity index (χ0) is 18.7. The molecular formula is C18H20Cl2N4O2. The summed E-state index contributed by atoms with van der Waals surface area (Å²) in [5, 5.41) is 2.13. The molecule has 0 unspecified atom stereocenters. The van der Waals surface area contributed by atoms with E-state index < -0.39 is 12.1 Å². The van der Waals surface area contributed by atoms with E-state index in [0.29, 0.717) is 36.2 Å². The molecule has 0 aromatic heterocycles. The largest absolute Gasteiger partial charge is 0.343 e. The Kier molecular flexibility index (Phi) is 5.86. The van der Waals surface area contributed by atoms with Crippen molar-refractivity contribution in [1.29, 1.82) is 0 Å². The standard InChI is InChI=1S/C18H20Cl2N4O2/c19-15-5-1-13(2-6-15)11-22-9-10-23(18(26)24(21)17(22)25)12-14-3-7-16(20)8-4-14/h1-3,5-7H,4,8-12,21H2. The number of hydrazine groups is 1. The summed E-state index contributed by atoms with van der Waals surface area (Å²) in [6.07, 6.45) is 5.34. The van der Waals surface area contributed by atoms with E-state index in [1.807, 2.05) is 24.3 Å². The number of benzene rings is 1. The first kappa shape index (κ1) is 18.8. The Morgan fingerprint density at radius 3 is 2.08 bits per heavy atom. The first-order valence-electron chi connectivity index (χ1n) is 8.35. The van der Waals surface area contributed by atoms with Gasteiger partial charge in [-0.05, 0) is 36.6 Å². The molecule has 0 radical (unpaired) electrons. The van der Waals surface area contributed by atoms with Crippen LogP contribution in [0.3, 0.4) is 0 Å². The Hall–Kier alpha value is -2.02. The fraction of sp³-hybridized carbons (Fsp3) is 0.333. The van der Waals surface area contributed by atoms with Gasteiger partial charge in [-0.25, -0.2) is 15.4 Å². The smallest absolute Gasteiger partial charge is 0.317 e. The molecule has 0 atom stereocenters. The highest BCUT2D eigenvalue weighted by Crippen LogP contribution is 2.22. The summed E-state index contributed by atoms with van der Waals surface area (Å²) in [7, 11) is 0. The molecule has 0 bridgehead atoms. The minimum absolute atomic E-state index is 0.367. The van der Waals surface area contributed by atoms with Crippen molar-refractivity contribution in [1.82, 2.24) is 14.8 Å². The van der Waals surface area contributed by atoms with Crippen LogP contribution in [0, 0.1) is 0 Å². The van der Waals surface area contributed by atoms with E-state index in [0.717, 1.165) is 29.0 Å². The van der Waals surface area contributed by atoms with Crippen LogP contribution in [0.5, 0.6) is 0 Å². The van der Waals surface area contributed by atoms with Crippen LogP contribution in [0.15, 0.2) is 47.0 Å². The van der Waals surface area contributed by atoms with Gasteiger partial charge in [0.15, 0.2) is 0 Å². The Labute approximate surface area is 162 Å². The van der Waals surface area contributed by atoms with Crippen molar-refractivity contribution in [2.75, 3.05) is 19.6 Å². The Bertz CT molecular complexity index is 761. The van der Waals surface area contributed by atoms with Gasteiger partial charge in [0, 0.05) is 36.2 Å². The van der Waals surface area contributed by atoms with Gasteiger partial charge in [-0.2, -0.15) is 5.01 Å². The molecule has 3 rings (SSSR count). The number of nitrogens with zero attached hydrogens (tertiary/aromatic N) is 3. The number of hydrogen-bond acceptors (Lipinski definition) is 3. The van der Waals surface area contributed by atoms with Crippen molar-refractivity contribution in [3.05, 3.63) is 57.6 Å². The predicted octanol–water partition coefficient (Wildman–Crippen LogP) is 3.72. The molecular weight excluding hydrogens is 375 g/mol. The number of amides is 4. The molecule has 1 saturated heterocycles. The van der Waals surface area contributed by atoms with Gasteiger partial charge in [0.1, 0.15) is 0 Å². The van der Waals surface area contributed by atoms with E-state index in [4.69, 9.17) is 29.0 Å². The van der Waals surface area contributed by atoms with Gasteiger partial charge in [-0.1, -0.05) is 47.0 Å². The first-order chi connectivity index (χ1) is 12.4. The number of rotatable bonds is 4. The molecule has 138 valence electrons. The maximum absolute atomic E-state index is 12.5. The molecule has 1 aromatic carbocycles. The third-order valence-corrected chi connectivity index (χ3v) is 5.03. The minimum atomic E-state index is -0.506. The zero-order valence-electron chi connectivity index (χ0n) is 14.2. The third kappa shape index (κ3) is 4.38. The maximum atomic E-state index is 12.5. The van der Waals surface area contributed by atoms with Crippen LogP contribution in [0.25, 0.3) is 0 Å². The normalized spacial score (nSPS) is 18.7. The van der Waals surface area contributed by atoms with Gasteiger partial charge < -0.3 is 9.80 Å². The number of carbonyl (C=O) groups excluding carboxylic acids is 2. The number of carbonyl (C=O) groups is 2. The average molecular weight is 395 g/mol. The summed E-state index contributed by atoms with van der Waals surface area (Å²) in [6, 6.07) is 6.24. The lowest BCUT2D eigenvalue weighted by Crippen LogP contribution is -2.50. The lowest BCUT2D eigenvalue weighted by Gasteiger charge is -2.24. The van der Waals surface area contributed by atoms with Gasteiger partial charge in [-0.15, -0.1) is 0 Å². The molecule has 4 amide bonds. The van der Waals surface area contributed by atoms with Crippen molar-refractivity contribution in [3.63, 3.8) is 0 Å². The summed E-state index contributed by atoms with van der Waals surface area (Å²) < 4.78 is 0. The average Bonchev–Trinajstić information content (AvgIpc) is 2.73. The highest BCUT2D eigenvalue weighted by atomic mass is 35.5. The third-order valence-electron chi connectivity index (χ3n) is 4.46. The number of nitrogens with two attached hydrogens (primary N) is 1. The zero-order valence-corrected chi connectivity index (χ0v) is 15.7. The monoisotopic (exact) mass is 394 g/mol. The van der Waals surface area contributed by atoms with E-state index >= 15 is 0 Å². The molecule has 26 heavy (non-hydrogen) atoms. The minimum Gasteiger partial charge on any atom is -0.317 e. The van der Waals surface area contributed by atoms with Gasteiger partial charge in [0.25, 0.3) is 0 Å². The second-order valence-electron chi connectivity index (χ2n) is 6.34. The summed E-state index contributed by atoms with van der Waals surface area (Å²) in [5.74, 6) is 5.78. The molecule has 2 aliphatic rings. The van der Waals surface area contributed by atoms with Crippen LogP contribution in [0.2, 0.25) is 5.02 Å². The number of allylic oxidation sites excluding steroid dienone is 3. The second kappa shape index (κ2) is 8.12. The highest BCUT2D eigenvalue weighted by molar-refractivity contribution is 6.30. The maximum Gasteiger partial charge on any atom is 0.343 e. The van der Waals surface area contributed by atoms with Crippen LogP contribution in [-0.4, -0.2) is 46.5 Å². The Morgan fingerprint density at radius 1 is 0.885 bits per heavy atom. The highest BCUT2D eigenvalue weighted by Gasteiger charge is 2.32. The van der Waals surface area contributed by atoms with Gasteiger partial charge in [0.2, 0.25) is 0 Å². The van der Waals surface area contributed by atoms with Crippen LogP contribution < -0.4 is 5.84 Å². The molecule has 8 heteroatoms. The quantitative estimate of drug-likeness (QED) is 0.624. The van der Waals surface area contributed by atoms with Crippen molar-refractivity contribution in [3.8, 4) is 0 Å². The van der Waals surface area contributed by atoms with Crippen molar-refractivity contribution < 1.29 is 9.59 Å². The van der Waals surface area contributed by atoms with Crippen molar-refractivity contribution >= 4 is 35.3 Å². The van der Waals surface area contributed by atoms with Crippen LogP contribution in [0.4, 0.5) is 9.59 Å². The van der Waals surface area contributed by atoms with Gasteiger partial charge in [-0.3, -0.25) is 0 Å². The number of imide groups is 1. The summed E-state index contributed by atoms with van der Waals surface area (Å²) in [4.78, 5) is 28.2. The van der Waals surface area contributed by atoms with E-state index in [2.05, 4.69) is 0 Å². The first-order valence-corrected chi connectivity index (χ1v) is 9.11. The Morgan fingerprint density at radius 2 is 1.50 bits per heavy atom. The summed E-state index contributed by atoms with van der Waals surface area (Å²) >= 11 is 11.9. The Balaban J connectivity index is 1.70. The topological polar surface area (TPSA) is 69.9 Å². The van der Waals surface area contributed by atoms with Gasteiger partial charge >= 0.3 is 12.1 Å². The van der Waals surface area contributed by atoms with Crippen LogP contribution in [0.1, 0.15) is 18.4 Å². The van der Waals surface area contributed by atoms with Crippen LogP contribution in [-0.2, 0) is 6.54 Å². The van der Waals surface area contributed by atoms with E-state index in [1.54, 1.807) is 21.9 Å². The van der Waals surface area contributed by atoms with E-state index in [1.165, 1.54) is 0 Å². The molecule has 1 aliphatic heterocycles. The summed E-state index contributed by atoms with van der Waals surface area (Å²) in [5.41, 5.74) is 2.02.